The van der Waals surface area contributed by atoms with E-state index in [9.17, 15) is 9.59 Å². The van der Waals surface area contributed by atoms with Crippen molar-refractivity contribution in [2.45, 2.75) is 48.0 Å². The summed E-state index contributed by atoms with van der Waals surface area (Å²) in [6.07, 6.45) is 0.667. The van der Waals surface area contributed by atoms with Gasteiger partial charge in [-0.25, -0.2) is 0 Å². The van der Waals surface area contributed by atoms with Gasteiger partial charge in [0.2, 0.25) is 0 Å². The van der Waals surface area contributed by atoms with E-state index >= 15 is 0 Å². The topological polar surface area (TPSA) is 83.5 Å². The molecule has 0 rings (SSSR count). The van der Waals surface area contributed by atoms with Crippen LogP contribution in [0.4, 0.5) is 0 Å². The number of carbonyl (C=O) groups excluding carboxylic acids is 2. The van der Waals surface area contributed by atoms with Crippen molar-refractivity contribution in [1.82, 2.24) is 5.32 Å². The molecule has 0 amide bonds. The number of rotatable bonds is 3. The first-order valence-corrected chi connectivity index (χ1v) is 5.58. The average molecular weight is 249 g/mol. The van der Waals surface area contributed by atoms with E-state index in [4.69, 9.17) is 9.90 Å². The quantitative estimate of drug-likeness (QED) is 0.746. The molecule has 0 aliphatic carbocycles. The molecule has 0 aromatic heterocycles. The Bertz CT molecular complexity index is 164. The van der Waals surface area contributed by atoms with Gasteiger partial charge in [0.1, 0.15) is 11.6 Å². The molecule has 0 saturated heterocycles. The fourth-order valence-corrected chi connectivity index (χ4v) is 0.250. The summed E-state index contributed by atoms with van der Waals surface area (Å²) in [7, 11) is 0. The number of hydrogen-bond donors (Lipinski definition) is 2. The number of carboxylic acid groups (broad SMARTS) is 1. The van der Waals surface area contributed by atoms with E-state index in [0.717, 1.165) is 13.1 Å². The first-order valence-electron chi connectivity index (χ1n) is 5.58. The smallest absolute Gasteiger partial charge is 0.290 e. The lowest BCUT2D eigenvalue weighted by Gasteiger charge is -1.86. The molecule has 0 aromatic carbocycles. The Morgan fingerprint density at radius 2 is 1.24 bits per heavy atom. The molecule has 0 bridgehead atoms. The van der Waals surface area contributed by atoms with Crippen LogP contribution in [0.3, 0.4) is 0 Å². The standard InChI is InChI=1S/C4H11N.C4H8O.C3H6O.CH2O2/c1-3-5-4-2;1-3-4(2)5;1-3(2)4;2-1-3/h5H,3-4H2,1-2H3;3H2,1-2H3;1-2H3;1H,(H,2,3). The van der Waals surface area contributed by atoms with E-state index in [2.05, 4.69) is 19.2 Å². The lowest BCUT2D eigenvalue weighted by atomic mass is 10.4. The summed E-state index contributed by atoms with van der Waals surface area (Å²) in [5, 5.41) is 10.0. The minimum Gasteiger partial charge on any atom is -0.483 e. The fourth-order valence-electron chi connectivity index (χ4n) is 0.250. The predicted octanol–water partition coefficient (Wildman–Crippen LogP) is 1.90. The molecule has 5 heteroatoms. The molecule has 2 N–H and O–H groups in total. The Morgan fingerprint density at radius 1 is 1.06 bits per heavy atom. The maximum atomic E-state index is 9.81. The molecular weight excluding hydrogens is 222 g/mol. The van der Waals surface area contributed by atoms with Gasteiger partial charge < -0.3 is 20.0 Å². The molecule has 0 radical (unpaired) electrons. The first kappa shape index (κ1) is 24.8. The lowest BCUT2D eigenvalue weighted by Crippen LogP contribution is -2.09. The molecule has 0 saturated carbocycles. The van der Waals surface area contributed by atoms with E-state index in [-0.39, 0.29) is 18.0 Å². The van der Waals surface area contributed by atoms with Gasteiger partial charge in [-0.15, -0.1) is 0 Å². The zero-order valence-electron chi connectivity index (χ0n) is 11.9. The van der Waals surface area contributed by atoms with E-state index in [1.807, 2.05) is 6.92 Å². The molecular formula is C12H27NO4. The number of hydrogen-bond acceptors (Lipinski definition) is 4. The summed E-state index contributed by atoms with van der Waals surface area (Å²) < 4.78 is 0. The SMILES string of the molecule is CC(C)=O.CCC(C)=O.CCNCC.O=CO. The van der Waals surface area contributed by atoms with Gasteiger partial charge in [-0.05, 0) is 33.9 Å². The van der Waals surface area contributed by atoms with Crippen molar-refractivity contribution in [3.05, 3.63) is 0 Å². The van der Waals surface area contributed by atoms with E-state index in [0.29, 0.717) is 6.42 Å². The highest BCUT2D eigenvalue weighted by molar-refractivity contribution is 5.74. The summed E-state index contributed by atoms with van der Waals surface area (Å²) in [5.41, 5.74) is 0. The van der Waals surface area contributed by atoms with E-state index < -0.39 is 0 Å². The van der Waals surface area contributed by atoms with Crippen LogP contribution in [0.2, 0.25) is 0 Å². The van der Waals surface area contributed by atoms with E-state index in [1.165, 1.54) is 13.8 Å². The normalized spacial score (nSPS) is 6.94. The van der Waals surface area contributed by atoms with Crippen molar-refractivity contribution >= 4 is 18.0 Å². The maximum Gasteiger partial charge on any atom is 0.290 e. The number of Topliss-reactive ketones (excluding diaryl/α,β-unsaturated/α-hetero) is 2. The van der Waals surface area contributed by atoms with Crippen LogP contribution in [0.1, 0.15) is 48.0 Å². The first-order chi connectivity index (χ1) is 7.83. The minimum atomic E-state index is -0.250. The van der Waals surface area contributed by atoms with Crippen molar-refractivity contribution < 1.29 is 19.5 Å². The molecule has 0 aromatic rings. The number of carbonyl (C=O) groups is 3. The molecule has 0 aliphatic heterocycles. The fraction of sp³-hybridized carbons (Fsp3) is 0.750. The van der Waals surface area contributed by atoms with Gasteiger partial charge in [-0.3, -0.25) is 4.79 Å². The van der Waals surface area contributed by atoms with Crippen LogP contribution in [-0.4, -0.2) is 36.2 Å². The van der Waals surface area contributed by atoms with Crippen LogP contribution in [0.5, 0.6) is 0 Å². The summed E-state index contributed by atoms with van der Waals surface area (Å²) in [4.78, 5) is 27.6. The van der Waals surface area contributed by atoms with Gasteiger partial charge in [0.25, 0.3) is 6.47 Å². The molecule has 0 spiro atoms. The molecule has 0 unspecified atom stereocenters. The van der Waals surface area contributed by atoms with Crippen molar-refractivity contribution in [2.75, 3.05) is 13.1 Å². The molecule has 0 fully saturated rings. The zero-order chi connectivity index (χ0) is 14.7. The molecule has 5 nitrogen and oxygen atoms in total. The second-order valence-corrected chi connectivity index (χ2v) is 3.03. The highest BCUT2D eigenvalue weighted by Crippen LogP contribution is 1.71. The number of ketones is 2. The van der Waals surface area contributed by atoms with E-state index in [1.54, 1.807) is 6.92 Å². The summed E-state index contributed by atoms with van der Waals surface area (Å²) in [6, 6.07) is 0. The highest BCUT2D eigenvalue weighted by Gasteiger charge is 1.76. The van der Waals surface area contributed by atoms with Crippen molar-refractivity contribution in [2.24, 2.45) is 0 Å². The van der Waals surface area contributed by atoms with Crippen molar-refractivity contribution in [3.8, 4) is 0 Å². The van der Waals surface area contributed by atoms with Crippen LogP contribution < -0.4 is 5.32 Å². The van der Waals surface area contributed by atoms with Crippen LogP contribution in [-0.2, 0) is 14.4 Å². The Labute approximate surface area is 105 Å². The molecule has 0 heterocycles. The second-order valence-electron chi connectivity index (χ2n) is 3.03. The van der Waals surface area contributed by atoms with Gasteiger partial charge in [0.15, 0.2) is 0 Å². The average Bonchev–Trinajstić information content (AvgIpc) is 2.20. The molecule has 0 atom stereocenters. The Balaban J connectivity index is -0.0000000676. The molecule has 0 aliphatic rings. The third-order valence-electron chi connectivity index (χ3n) is 0.998. The van der Waals surface area contributed by atoms with Crippen molar-refractivity contribution in [3.63, 3.8) is 0 Å². The third-order valence-corrected chi connectivity index (χ3v) is 0.998. The summed E-state index contributed by atoms with van der Waals surface area (Å²) in [6.45, 7) is 12.6. The number of nitrogens with one attached hydrogen (secondary N) is 1. The van der Waals surface area contributed by atoms with Crippen LogP contribution in [0.25, 0.3) is 0 Å². The largest absolute Gasteiger partial charge is 0.483 e. The maximum absolute atomic E-state index is 9.81. The Hall–Kier alpha value is -1.23. The molecule has 17 heavy (non-hydrogen) atoms. The molecule has 104 valence electrons. The highest BCUT2D eigenvalue weighted by atomic mass is 16.3. The lowest BCUT2D eigenvalue weighted by molar-refractivity contribution is -0.123. The zero-order valence-corrected chi connectivity index (χ0v) is 11.9. The van der Waals surface area contributed by atoms with Crippen LogP contribution >= 0.6 is 0 Å². The van der Waals surface area contributed by atoms with Gasteiger partial charge in [0.05, 0.1) is 0 Å². The minimum absolute atomic E-state index is 0.167. The van der Waals surface area contributed by atoms with Crippen molar-refractivity contribution in [1.29, 1.82) is 0 Å². The van der Waals surface area contributed by atoms with Crippen LogP contribution in [0, 0.1) is 0 Å². The monoisotopic (exact) mass is 249 g/mol. The second kappa shape index (κ2) is 29.3. The Morgan fingerprint density at radius 3 is 1.24 bits per heavy atom. The van der Waals surface area contributed by atoms with Gasteiger partial charge >= 0.3 is 0 Å². The predicted molar refractivity (Wildman–Crippen MR) is 70.2 cm³/mol. The Kier molecular flexibility index (Phi) is 42.9. The summed E-state index contributed by atoms with van der Waals surface area (Å²) >= 11 is 0. The van der Waals surface area contributed by atoms with Gasteiger partial charge in [-0.1, -0.05) is 20.8 Å². The van der Waals surface area contributed by atoms with Gasteiger partial charge in [0, 0.05) is 6.42 Å². The third kappa shape index (κ3) is 314. The van der Waals surface area contributed by atoms with Gasteiger partial charge in [-0.2, -0.15) is 0 Å². The summed E-state index contributed by atoms with van der Waals surface area (Å²) in [5.74, 6) is 0.421. The van der Waals surface area contributed by atoms with Crippen LogP contribution in [0.15, 0.2) is 0 Å².